The Morgan fingerprint density at radius 2 is 1.04 bits per heavy atom. The first-order valence-corrected chi connectivity index (χ1v) is 33.7. The van der Waals surface area contributed by atoms with E-state index in [9.17, 15) is 9.59 Å². The van der Waals surface area contributed by atoms with E-state index in [4.69, 9.17) is 71.1 Å². The van der Waals surface area contributed by atoms with Crippen molar-refractivity contribution in [2.24, 2.45) is 29.6 Å². The fourth-order valence-electron chi connectivity index (χ4n) is 13.5. The van der Waals surface area contributed by atoms with E-state index in [1.54, 1.807) is 0 Å². The second-order valence-electron chi connectivity index (χ2n) is 25.8. The Bertz CT molecular complexity index is 2980. The van der Waals surface area contributed by atoms with Gasteiger partial charge >= 0.3 is 11.9 Å². The number of rotatable bonds is 31. The number of fused-ring (bicyclic) bond motifs is 1. The third kappa shape index (κ3) is 19.3. The zero-order valence-electron chi connectivity index (χ0n) is 55.2. The molecule has 0 spiro atoms. The monoisotopic (exact) mass is 1280 g/mol. The van der Waals surface area contributed by atoms with Gasteiger partial charge < -0.3 is 71.1 Å². The maximum atomic E-state index is 12.8. The molecule has 17 nitrogen and oxygen atoms in total. The van der Waals surface area contributed by atoms with E-state index in [0.29, 0.717) is 19.6 Å². The minimum Gasteiger partial charge on any atom is -0.465 e. The molecule has 9 unspecified atom stereocenters. The molecule has 1 aliphatic carbocycles. The van der Waals surface area contributed by atoms with Gasteiger partial charge in [0.1, 0.15) is 54.9 Å². The van der Waals surface area contributed by atoms with Gasteiger partial charge in [-0.3, -0.25) is 9.59 Å². The van der Waals surface area contributed by atoms with Crippen LogP contribution in [-0.2, 0) is 107 Å². The highest BCUT2D eigenvalue weighted by atomic mass is 16.8. The maximum absolute atomic E-state index is 12.8. The fraction of sp³-hybridized carbons (Fsp3) is 0.553. The van der Waals surface area contributed by atoms with Gasteiger partial charge in [0.05, 0.1) is 64.6 Å². The SMILES string of the molecule is C=CCCCCCCO[C@@H]1OC(COCc2ccccc2)[C@H](O[C@@H]2OC3COC(c4ccccc4)O[C@@H]3[C@H](O[C@@H]3CC(COC(C)=O)[C@H](OC(C)=O)[C@H](C)C3C)C2O[C@@H]2OC(C)[C@H](OCc3ccccc3)[C@@H](OCc3ccccc3)C2OCc2ccccc2)[C@H](C)C1C. The number of hydrogen-bond acceptors (Lipinski definition) is 17. The second kappa shape index (κ2) is 35.3. The molecule has 17 heteroatoms. The topological polar surface area (TPSA) is 173 Å². The van der Waals surface area contributed by atoms with Crippen LogP contribution < -0.4 is 0 Å². The Hall–Kier alpha value is -5.74. The molecule has 5 aliphatic rings. The Balaban J connectivity index is 1.06. The average molecular weight is 1280 g/mol. The van der Waals surface area contributed by atoms with Gasteiger partial charge in [-0.15, -0.1) is 6.58 Å². The second-order valence-corrected chi connectivity index (χ2v) is 25.8. The van der Waals surface area contributed by atoms with Crippen LogP contribution in [0.4, 0.5) is 0 Å². The van der Waals surface area contributed by atoms with Crippen molar-refractivity contribution in [2.45, 2.75) is 212 Å². The lowest BCUT2D eigenvalue weighted by molar-refractivity contribution is -0.414. The first kappa shape index (κ1) is 70.1. The van der Waals surface area contributed by atoms with Gasteiger partial charge in [-0.1, -0.05) is 198 Å². The highest BCUT2D eigenvalue weighted by Gasteiger charge is 2.59. The Morgan fingerprint density at radius 3 is 1.65 bits per heavy atom. The summed E-state index contributed by atoms with van der Waals surface area (Å²) in [6, 6.07) is 49.8. The Kier molecular flexibility index (Phi) is 26.6. The van der Waals surface area contributed by atoms with E-state index in [2.05, 4.69) is 27.4 Å². The van der Waals surface area contributed by atoms with Gasteiger partial charge in [-0.05, 0) is 72.6 Å². The van der Waals surface area contributed by atoms with Crippen molar-refractivity contribution in [3.8, 4) is 0 Å². The van der Waals surface area contributed by atoms with Crippen LogP contribution in [0.25, 0.3) is 0 Å². The lowest BCUT2D eigenvalue weighted by Crippen LogP contribution is -2.68. The number of allylic oxidation sites excluding steroid dienone is 1. The summed E-state index contributed by atoms with van der Waals surface area (Å²) in [7, 11) is 0. The molecule has 1 saturated carbocycles. The van der Waals surface area contributed by atoms with Gasteiger partial charge in [0, 0.05) is 37.9 Å². The number of carbonyl (C=O) groups excluding carboxylic acids is 2. The number of unbranched alkanes of at least 4 members (excludes halogenated alkanes) is 4. The summed E-state index contributed by atoms with van der Waals surface area (Å²) < 4.78 is 105. The molecular weight excluding hydrogens is 1180 g/mol. The van der Waals surface area contributed by atoms with Crippen LogP contribution in [0.2, 0.25) is 0 Å². The molecule has 93 heavy (non-hydrogen) atoms. The van der Waals surface area contributed by atoms with E-state index in [1.165, 1.54) is 13.8 Å². The van der Waals surface area contributed by atoms with Crippen LogP contribution in [0, 0.1) is 29.6 Å². The molecule has 4 aliphatic heterocycles. The van der Waals surface area contributed by atoms with E-state index in [-0.39, 0.29) is 63.3 Å². The first-order valence-electron chi connectivity index (χ1n) is 33.7. The van der Waals surface area contributed by atoms with Gasteiger partial charge in [-0.2, -0.15) is 0 Å². The Morgan fingerprint density at radius 1 is 0.495 bits per heavy atom. The number of carbonyl (C=O) groups is 2. The summed E-state index contributed by atoms with van der Waals surface area (Å²) in [5.74, 6) is -2.09. The molecule has 0 bridgehead atoms. The van der Waals surface area contributed by atoms with E-state index >= 15 is 0 Å². The van der Waals surface area contributed by atoms with Crippen molar-refractivity contribution in [3.05, 3.63) is 192 Å². The summed E-state index contributed by atoms with van der Waals surface area (Å²) in [6.07, 6.45) is -5.51. The van der Waals surface area contributed by atoms with Crippen LogP contribution >= 0.6 is 0 Å². The Labute approximate surface area is 550 Å². The average Bonchev–Trinajstić information content (AvgIpc) is 0.792. The van der Waals surface area contributed by atoms with Gasteiger partial charge in [0.2, 0.25) is 0 Å². The number of esters is 2. The van der Waals surface area contributed by atoms with Crippen LogP contribution in [-0.4, -0.2) is 130 Å². The molecule has 0 aromatic heterocycles. The summed E-state index contributed by atoms with van der Waals surface area (Å²) >= 11 is 0. The fourth-order valence-corrected chi connectivity index (χ4v) is 13.5. The molecule has 0 amide bonds. The largest absolute Gasteiger partial charge is 0.465 e. The molecule has 10 rings (SSSR count). The van der Waals surface area contributed by atoms with Crippen molar-refractivity contribution >= 4 is 11.9 Å². The molecule has 504 valence electrons. The molecule has 5 fully saturated rings. The zero-order chi connectivity index (χ0) is 65.1. The molecule has 5 aromatic rings. The molecule has 0 radical (unpaired) electrons. The summed E-state index contributed by atoms with van der Waals surface area (Å²) in [6.45, 7) is 18.9. The normalized spacial score (nSPS) is 32.8. The number of ether oxygens (including phenoxy) is 15. The van der Waals surface area contributed by atoms with Crippen molar-refractivity contribution < 1.29 is 80.6 Å². The minimum atomic E-state index is -1.21. The van der Waals surface area contributed by atoms with Crippen molar-refractivity contribution in [1.82, 2.24) is 0 Å². The number of hydrogen-bond donors (Lipinski definition) is 0. The maximum Gasteiger partial charge on any atom is 0.302 e. The highest BCUT2D eigenvalue weighted by Crippen LogP contribution is 2.45. The predicted molar refractivity (Wildman–Crippen MR) is 347 cm³/mol. The lowest BCUT2D eigenvalue weighted by atomic mass is 9.71. The predicted octanol–water partition coefficient (Wildman–Crippen LogP) is 13.0. The third-order valence-electron chi connectivity index (χ3n) is 19.0. The zero-order valence-corrected chi connectivity index (χ0v) is 55.2. The molecule has 0 N–H and O–H groups in total. The quantitative estimate of drug-likeness (QED) is 0.0233. The van der Waals surface area contributed by atoms with Gasteiger partial charge in [0.25, 0.3) is 0 Å². The third-order valence-corrected chi connectivity index (χ3v) is 19.0. The summed E-state index contributed by atoms with van der Waals surface area (Å²) in [5, 5.41) is 0. The number of benzene rings is 5. The van der Waals surface area contributed by atoms with E-state index in [1.807, 2.05) is 172 Å². The molecule has 4 saturated heterocycles. The first-order chi connectivity index (χ1) is 45.3. The van der Waals surface area contributed by atoms with Crippen LogP contribution in [0.5, 0.6) is 0 Å². The molecule has 4 heterocycles. The van der Waals surface area contributed by atoms with Gasteiger partial charge in [-0.25, -0.2) is 0 Å². The van der Waals surface area contributed by atoms with Gasteiger partial charge in [0.15, 0.2) is 25.2 Å². The van der Waals surface area contributed by atoms with Crippen LogP contribution in [0.3, 0.4) is 0 Å². The van der Waals surface area contributed by atoms with Crippen LogP contribution in [0.15, 0.2) is 164 Å². The summed E-state index contributed by atoms with van der Waals surface area (Å²) in [4.78, 5) is 25.4. The minimum absolute atomic E-state index is 0.00809. The molecule has 21 atom stereocenters. The smallest absolute Gasteiger partial charge is 0.302 e. The summed E-state index contributed by atoms with van der Waals surface area (Å²) in [5.41, 5.74) is 4.69. The highest BCUT2D eigenvalue weighted by molar-refractivity contribution is 5.66. The van der Waals surface area contributed by atoms with Crippen LogP contribution in [0.1, 0.15) is 121 Å². The van der Waals surface area contributed by atoms with Crippen molar-refractivity contribution in [1.29, 1.82) is 0 Å². The van der Waals surface area contributed by atoms with E-state index in [0.717, 1.165) is 59.9 Å². The molecule has 5 aromatic carbocycles. The molecular formula is C76H98O17. The van der Waals surface area contributed by atoms with Crippen molar-refractivity contribution in [3.63, 3.8) is 0 Å². The van der Waals surface area contributed by atoms with E-state index < -0.39 is 116 Å². The standard InChI is InChI=1S/C76H98O17/c1-9-10-11-12-13-29-40-80-73-52(5)51(4)66(63(89-73)47-79-42-56-30-19-14-20-31-56)91-76-72(70(68-64(90-76)48-85-74(92-68)60-38-27-18-28-39-60)88-62-41-61(46-81-54(7)77)65(87-55(8)78)50(3)49(62)2)93-75-71(84-45-59-36-25-17-26-37-59)69(83-44-58-34-23-16-24-35-58)67(53(6)86-75)82-43-57-32-21-15-22-33-57/h9,14-28,30-39,49-53,61-76H,1,10-13,29,40-48H2,2-8H3/t49?,50-,51-,52?,53?,61?,62-,63?,64?,65-,66-,67+,68+,69-,70+,71?,72?,73-,74?,75+,76+/m1/s1. The van der Waals surface area contributed by atoms with Crippen molar-refractivity contribution in [2.75, 3.05) is 26.4 Å². The lowest BCUT2D eigenvalue weighted by Gasteiger charge is -2.54.